The van der Waals surface area contributed by atoms with Crippen LogP contribution in [-0.2, 0) is 14.1 Å². The summed E-state index contributed by atoms with van der Waals surface area (Å²) in [5.41, 5.74) is 0. The van der Waals surface area contributed by atoms with Crippen LogP contribution in [0.15, 0.2) is 18.7 Å². The number of hydrogen-bond acceptors (Lipinski definition) is 3. The first-order valence-electron chi connectivity index (χ1n) is 8.89. The molecule has 0 amide bonds. The molecule has 0 aliphatic carbocycles. The van der Waals surface area contributed by atoms with E-state index in [1.165, 1.54) is 32.6 Å². The molecule has 5 heteroatoms. The molecule has 0 N–H and O–H groups in total. The second kappa shape index (κ2) is 12.5. The highest BCUT2D eigenvalue weighted by Gasteiger charge is 2.13. The van der Waals surface area contributed by atoms with Gasteiger partial charge in [0.2, 0.25) is 6.33 Å². The van der Waals surface area contributed by atoms with E-state index in [2.05, 4.69) is 42.8 Å². The van der Waals surface area contributed by atoms with Crippen LogP contribution in [0.25, 0.3) is 0 Å². The molecule has 1 aromatic rings. The van der Waals surface area contributed by atoms with Crippen LogP contribution in [0.3, 0.4) is 0 Å². The van der Waals surface area contributed by atoms with Gasteiger partial charge in [-0.15, -0.1) is 0 Å². The fraction of sp³-hybridized carbons (Fsp3) is 0.833. The lowest BCUT2D eigenvalue weighted by molar-refractivity contribution is -0.670. The highest BCUT2D eigenvalue weighted by atomic mass is 15.3. The van der Waals surface area contributed by atoms with Crippen LogP contribution in [-0.4, -0.2) is 73.3 Å². The number of aromatic nitrogens is 2. The largest absolute Gasteiger partial charge is 0.306 e. The molecule has 0 bridgehead atoms. The molecule has 0 saturated carbocycles. The van der Waals surface area contributed by atoms with Crippen LogP contribution >= 0.6 is 0 Å². The van der Waals surface area contributed by atoms with Crippen molar-refractivity contribution in [2.24, 2.45) is 20.0 Å². The molecule has 3 rings (SSSR count). The Balaban J connectivity index is 0.000000299. The summed E-state index contributed by atoms with van der Waals surface area (Å²) in [6.45, 7) is 12.5. The van der Waals surface area contributed by atoms with E-state index in [4.69, 9.17) is 0 Å². The fourth-order valence-electron chi connectivity index (χ4n) is 2.62. The molecule has 0 aromatic carbocycles. The monoisotopic (exact) mass is 326 g/mol. The zero-order valence-corrected chi connectivity index (χ0v) is 16.8. The summed E-state index contributed by atoms with van der Waals surface area (Å²) < 4.78 is 4.00. The molecule has 5 nitrogen and oxygen atoms in total. The molecule has 0 radical (unpaired) electrons. The summed E-state index contributed by atoms with van der Waals surface area (Å²) in [7, 11) is 10.5. The lowest BCUT2D eigenvalue weighted by Crippen LogP contribution is -2.23. The van der Waals surface area contributed by atoms with Crippen molar-refractivity contribution >= 4 is 0 Å². The summed E-state index contributed by atoms with van der Waals surface area (Å²) >= 11 is 0. The van der Waals surface area contributed by atoms with Gasteiger partial charge in [0, 0.05) is 19.6 Å². The van der Waals surface area contributed by atoms with Crippen molar-refractivity contribution in [1.82, 2.24) is 19.3 Å². The van der Waals surface area contributed by atoms with E-state index in [1.54, 1.807) is 0 Å². The second-order valence-corrected chi connectivity index (χ2v) is 6.70. The van der Waals surface area contributed by atoms with Crippen LogP contribution in [0.2, 0.25) is 0 Å². The van der Waals surface area contributed by atoms with Crippen LogP contribution in [0.5, 0.6) is 0 Å². The molecular formula is C18H40N5+. The van der Waals surface area contributed by atoms with E-state index in [0.29, 0.717) is 0 Å². The Morgan fingerprint density at radius 3 is 1.61 bits per heavy atom. The highest BCUT2D eigenvalue weighted by molar-refractivity contribution is 4.67. The first-order valence-corrected chi connectivity index (χ1v) is 8.89. The maximum absolute atomic E-state index is 2.38. The van der Waals surface area contributed by atoms with Crippen molar-refractivity contribution < 1.29 is 4.57 Å². The molecule has 23 heavy (non-hydrogen) atoms. The molecular weight excluding hydrogens is 286 g/mol. The lowest BCUT2D eigenvalue weighted by Gasteiger charge is -2.06. The minimum atomic E-state index is 0.949. The van der Waals surface area contributed by atoms with Gasteiger partial charge in [0.05, 0.1) is 20.8 Å². The predicted octanol–water partition coefficient (Wildman–Crippen LogP) is 1.65. The summed E-state index contributed by atoms with van der Waals surface area (Å²) in [4.78, 5) is 6.99. The summed E-state index contributed by atoms with van der Waals surface area (Å²) in [5, 5.41) is 0. The Labute approximate surface area is 144 Å². The minimum Gasteiger partial charge on any atom is -0.306 e. The van der Waals surface area contributed by atoms with Crippen molar-refractivity contribution in [3.05, 3.63) is 18.7 Å². The van der Waals surface area contributed by atoms with E-state index in [0.717, 1.165) is 12.6 Å². The molecule has 3 heterocycles. The Morgan fingerprint density at radius 2 is 1.48 bits per heavy atom. The topological polar surface area (TPSA) is 18.5 Å². The smallest absolute Gasteiger partial charge is 0.243 e. The maximum Gasteiger partial charge on any atom is 0.243 e. The Bertz CT molecular complexity index is 340. The lowest BCUT2D eigenvalue weighted by atomic mass is 10.2. The zero-order valence-electron chi connectivity index (χ0n) is 16.8. The maximum atomic E-state index is 2.38. The van der Waals surface area contributed by atoms with E-state index < -0.39 is 0 Å². The van der Waals surface area contributed by atoms with Gasteiger partial charge in [0.25, 0.3) is 0 Å². The van der Waals surface area contributed by atoms with Crippen LogP contribution in [0.1, 0.15) is 27.2 Å². The minimum absolute atomic E-state index is 0.949. The number of aryl methyl sites for hydroxylation is 2. The third-order valence-corrected chi connectivity index (χ3v) is 3.87. The van der Waals surface area contributed by atoms with Gasteiger partial charge in [-0.2, -0.15) is 0 Å². The van der Waals surface area contributed by atoms with Gasteiger partial charge in [-0.25, -0.2) is 9.13 Å². The third-order valence-electron chi connectivity index (χ3n) is 3.87. The van der Waals surface area contributed by atoms with Crippen molar-refractivity contribution in [2.45, 2.75) is 27.2 Å². The number of likely N-dealkylation sites (N-methyl/N-ethyl adjacent to an activating group) is 2. The quantitative estimate of drug-likeness (QED) is 0.676. The molecule has 0 spiro atoms. The number of nitrogens with zero attached hydrogens (tertiary/aromatic N) is 5. The highest BCUT2D eigenvalue weighted by Crippen LogP contribution is 2.11. The SMILES string of the molecule is CC.CC1CCN(C)C1.CN1CCN(C)C1.Cn1cc[n+](C)c1. The van der Waals surface area contributed by atoms with Crippen LogP contribution in [0.4, 0.5) is 0 Å². The fourth-order valence-corrected chi connectivity index (χ4v) is 2.62. The number of hydrogen-bond donors (Lipinski definition) is 0. The normalized spacial score (nSPS) is 21.7. The van der Waals surface area contributed by atoms with Gasteiger partial charge in [-0.05, 0) is 40.0 Å². The number of likely N-dealkylation sites (tertiary alicyclic amines) is 1. The van der Waals surface area contributed by atoms with Crippen molar-refractivity contribution in [1.29, 1.82) is 0 Å². The Morgan fingerprint density at radius 1 is 0.913 bits per heavy atom. The van der Waals surface area contributed by atoms with Gasteiger partial charge in [0.1, 0.15) is 12.4 Å². The zero-order chi connectivity index (χ0) is 17.8. The predicted molar refractivity (Wildman–Crippen MR) is 99.3 cm³/mol. The summed E-state index contributed by atoms with van der Waals surface area (Å²) in [6.07, 6.45) is 7.40. The van der Waals surface area contributed by atoms with Crippen molar-refractivity contribution in [3.63, 3.8) is 0 Å². The van der Waals surface area contributed by atoms with Crippen molar-refractivity contribution in [2.75, 3.05) is 54.0 Å². The standard InChI is InChI=1S/C6H13N.C5H12N2.C5H9N2.C2H6/c3*1-6-3-4-7(2)5-6;1-2/h6H,3-5H2,1-2H3;3-5H2,1-2H3;3-5H,1-2H3;1-2H3/q;;+1;. The summed E-state index contributed by atoms with van der Waals surface area (Å²) in [5.74, 6) is 0.949. The Hall–Kier alpha value is -0.910. The van der Waals surface area contributed by atoms with Gasteiger partial charge in [-0.3, -0.25) is 9.80 Å². The molecule has 2 aliphatic heterocycles. The van der Waals surface area contributed by atoms with E-state index in [9.17, 15) is 0 Å². The van der Waals surface area contributed by atoms with E-state index in [-0.39, 0.29) is 0 Å². The summed E-state index contributed by atoms with van der Waals surface area (Å²) in [6, 6.07) is 0. The van der Waals surface area contributed by atoms with Gasteiger partial charge >= 0.3 is 0 Å². The average molecular weight is 327 g/mol. The van der Waals surface area contributed by atoms with Crippen molar-refractivity contribution in [3.8, 4) is 0 Å². The molecule has 2 saturated heterocycles. The average Bonchev–Trinajstić information content (AvgIpc) is 3.18. The van der Waals surface area contributed by atoms with E-state index >= 15 is 0 Å². The van der Waals surface area contributed by atoms with Crippen LogP contribution < -0.4 is 4.57 Å². The second-order valence-electron chi connectivity index (χ2n) is 6.70. The molecule has 2 aliphatic rings. The molecule has 1 unspecified atom stereocenters. The first-order chi connectivity index (χ1) is 10.9. The van der Waals surface area contributed by atoms with Crippen LogP contribution in [0, 0.1) is 5.92 Å². The number of imidazole rings is 1. The van der Waals surface area contributed by atoms with E-state index in [1.807, 2.05) is 55.8 Å². The van der Waals surface area contributed by atoms with Gasteiger partial charge in [-0.1, -0.05) is 20.8 Å². The van der Waals surface area contributed by atoms with Gasteiger partial charge in [0.15, 0.2) is 0 Å². The molecule has 1 atom stereocenters. The first kappa shape index (κ1) is 22.1. The molecule has 1 aromatic heterocycles. The Kier molecular flexibility index (Phi) is 12.0. The molecule has 136 valence electrons. The van der Waals surface area contributed by atoms with Gasteiger partial charge < -0.3 is 4.90 Å². The molecule has 2 fully saturated rings. The number of rotatable bonds is 0. The third kappa shape index (κ3) is 11.3.